The normalized spacial score (nSPS) is 12.0. The van der Waals surface area contributed by atoms with Crippen LogP contribution in [0.15, 0.2) is 24.3 Å². The fourth-order valence-electron chi connectivity index (χ4n) is 1.84. The Morgan fingerprint density at radius 2 is 1.95 bits per heavy atom. The van der Waals surface area contributed by atoms with Crippen LogP contribution in [0, 0.1) is 5.95 Å². The quantitative estimate of drug-likeness (QED) is 0.677. The lowest BCUT2D eigenvalue weighted by Gasteiger charge is -2.04. The van der Waals surface area contributed by atoms with Crippen LogP contribution >= 0.6 is 11.3 Å². The van der Waals surface area contributed by atoms with E-state index in [-0.39, 0.29) is 5.13 Å². The molecular formula is C12H7F4N3OS. The Hall–Kier alpha value is -2.16. The number of hydrogen-bond acceptors (Lipinski definition) is 4. The molecular weight excluding hydrogens is 310 g/mol. The molecule has 0 bridgehead atoms. The first-order valence-electron chi connectivity index (χ1n) is 5.67. The predicted octanol–water partition coefficient (Wildman–Crippen LogP) is 3.65. The standard InChI is InChI=1S/C12H7F4N3OS/c1-20-10-8(12(14,15)16)9(13)19(18-10)11-17-6-4-2-3-5-7(6)21-11/h2-5H,1H3. The summed E-state index contributed by atoms with van der Waals surface area (Å²) < 4.78 is 58.3. The number of methoxy groups -OCH3 is 1. The van der Waals surface area contributed by atoms with Crippen LogP contribution in [0.1, 0.15) is 5.56 Å². The predicted molar refractivity (Wildman–Crippen MR) is 68.3 cm³/mol. The van der Waals surface area contributed by atoms with Crippen LogP contribution in [-0.4, -0.2) is 21.9 Å². The highest BCUT2D eigenvalue weighted by Crippen LogP contribution is 2.39. The first-order chi connectivity index (χ1) is 9.91. The Kier molecular flexibility index (Phi) is 3.08. The molecule has 0 aliphatic rings. The molecule has 0 fully saturated rings. The van der Waals surface area contributed by atoms with Gasteiger partial charge in [0.1, 0.15) is 0 Å². The van der Waals surface area contributed by atoms with Crippen molar-refractivity contribution in [3.05, 3.63) is 35.8 Å². The Morgan fingerprint density at radius 1 is 1.24 bits per heavy atom. The number of thiazole rings is 1. The van der Waals surface area contributed by atoms with Gasteiger partial charge in [-0.25, -0.2) is 4.98 Å². The summed E-state index contributed by atoms with van der Waals surface area (Å²) in [4.78, 5) is 4.07. The average Bonchev–Trinajstić information content (AvgIpc) is 2.97. The molecule has 110 valence electrons. The maximum Gasteiger partial charge on any atom is 0.426 e. The van der Waals surface area contributed by atoms with Gasteiger partial charge in [0, 0.05) is 0 Å². The molecule has 0 spiro atoms. The van der Waals surface area contributed by atoms with E-state index in [4.69, 9.17) is 0 Å². The molecule has 0 unspecified atom stereocenters. The molecule has 21 heavy (non-hydrogen) atoms. The molecule has 0 atom stereocenters. The first-order valence-corrected chi connectivity index (χ1v) is 6.49. The third-order valence-corrected chi connectivity index (χ3v) is 3.75. The Labute approximate surface area is 119 Å². The number of para-hydroxylation sites is 1. The lowest BCUT2D eigenvalue weighted by Crippen LogP contribution is -2.09. The third kappa shape index (κ3) is 2.23. The summed E-state index contributed by atoms with van der Waals surface area (Å²) in [6, 6.07) is 6.90. The number of ether oxygens (including phenoxy) is 1. The van der Waals surface area contributed by atoms with E-state index in [0.717, 1.165) is 23.1 Å². The molecule has 3 aromatic rings. The van der Waals surface area contributed by atoms with Crippen LogP contribution in [0.3, 0.4) is 0 Å². The Balaban J connectivity index is 2.21. The summed E-state index contributed by atoms with van der Waals surface area (Å²) in [5.74, 6) is -2.36. The van der Waals surface area contributed by atoms with E-state index in [1.54, 1.807) is 24.3 Å². The van der Waals surface area contributed by atoms with Gasteiger partial charge in [-0.3, -0.25) is 0 Å². The molecule has 0 radical (unpaired) electrons. The summed E-state index contributed by atoms with van der Waals surface area (Å²) in [5.41, 5.74) is -0.982. The van der Waals surface area contributed by atoms with Crippen molar-refractivity contribution in [3.8, 4) is 11.0 Å². The minimum absolute atomic E-state index is 0.00231. The van der Waals surface area contributed by atoms with Gasteiger partial charge in [0.2, 0.25) is 17.0 Å². The van der Waals surface area contributed by atoms with E-state index in [1.165, 1.54) is 0 Å². The van der Waals surface area contributed by atoms with Crippen molar-refractivity contribution in [1.82, 2.24) is 14.8 Å². The maximum absolute atomic E-state index is 14.1. The number of nitrogens with zero attached hydrogens (tertiary/aromatic N) is 3. The molecule has 2 heterocycles. The number of aromatic nitrogens is 3. The topological polar surface area (TPSA) is 39.9 Å². The highest BCUT2D eigenvalue weighted by atomic mass is 32.1. The van der Waals surface area contributed by atoms with Gasteiger partial charge in [-0.2, -0.15) is 22.2 Å². The number of rotatable bonds is 2. The summed E-state index contributed by atoms with van der Waals surface area (Å²) in [5, 5.41) is 3.51. The maximum atomic E-state index is 14.1. The molecule has 0 amide bonds. The van der Waals surface area contributed by atoms with Gasteiger partial charge in [0.25, 0.3) is 0 Å². The molecule has 4 nitrogen and oxygen atoms in total. The molecule has 0 saturated heterocycles. The van der Waals surface area contributed by atoms with Gasteiger partial charge in [-0.15, -0.1) is 5.10 Å². The second-order valence-corrected chi connectivity index (χ2v) is 5.06. The molecule has 1 aromatic carbocycles. The molecule has 2 aromatic heterocycles. The van der Waals surface area contributed by atoms with E-state index >= 15 is 0 Å². The van der Waals surface area contributed by atoms with Crippen LogP contribution in [-0.2, 0) is 6.18 Å². The van der Waals surface area contributed by atoms with Gasteiger partial charge in [-0.05, 0) is 12.1 Å². The minimum Gasteiger partial charge on any atom is -0.479 e. The zero-order valence-corrected chi connectivity index (χ0v) is 11.3. The number of hydrogen-bond donors (Lipinski definition) is 0. The first kappa shape index (κ1) is 13.8. The third-order valence-electron chi connectivity index (χ3n) is 2.74. The van der Waals surface area contributed by atoms with E-state index in [9.17, 15) is 17.6 Å². The van der Waals surface area contributed by atoms with E-state index in [0.29, 0.717) is 10.2 Å². The van der Waals surface area contributed by atoms with Crippen LogP contribution in [0.2, 0.25) is 0 Å². The number of alkyl halides is 3. The fourth-order valence-corrected chi connectivity index (χ4v) is 2.75. The number of benzene rings is 1. The largest absolute Gasteiger partial charge is 0.479 e. The van der Waals surface area contributed by atoms with Crippen molar-refractivity contribution < 1.29 is 22.3 Å². The minimum atomic E-state index is -4.90. The van der Waals surface area contributed by atoms with Gasteiger partial charge in [0.05, 0.1) is 17.3 Å². The Bertz CT molecular complexity index is 776. The summed E-state index contributed by atoms with van der Waals surface area (Å²) in [6.07, 6.45) is -4.90. The molecule has 3 rings (SSSR count). The summed E-state index contributed by atoms with van der Waals surface area (Å²) in [6.45, 7) is 0. The fraction of sp³-hybridized carbons (Fsp3) is 0.167. The van der Waals surface area contributed by atoms with Crippen molar-refractivity contribution in [2.24, 2.45) is 0 Å². The monoisotopic (exact) mass is 317 g/mol. The van der Waals surface area contributed by atoms with Crippen molar-refractivity contribution in [1.29, 1.82) is 0 Å². The van der Waals surface area contributed by atoms with Crippen molar-refractivity contribution >= 4 is 21.6 Å². The van der Waals surface area contributed by atoms with Gasteiger partial charge >= 0.3 is 6.18 Å². The molecule has 0 N–H and O–H groups in total. The van der Waals surface area contributed by atoms with Crippen molar-refractivity contribution in [2.45, 2.75) is 6.18 Å². The zero-order valence-electron chi connectivity index (χ0n) is 10.5. The molecule has 0 aliphatic carbocycles. The number of halogens is 4. The van der Waals surface area contributed by atoms with Crippen molar-refractivity contribution in [2.75, 3.05) is 7.11 Å². The second-order valence-electron chi connectivity index (χ2n) is 4.05. The lowest BCUT2D eigenvalue weighted by atomic mass is 10.3. The molecule has 0 aliphatic heterocycles. The van der Waals surface area contributed by atoms with Gasteiger partial charge < -0.3 is 4.74 Å². The van der Waals surface area contributed by atoms with Crippen LogP contribution in [0.4, 0.5) is 17.6 Å². The highest BCUT2D eigenvalue weighted by Gasteiger charge is 2.42. The molecule has 9 heteroatoms. The zero-order chi connectivity index (χ0) is 15.2. The summed E-state index contributed by atoms with van der Waals surface area (Å²) in [7, 11) is 1.000. The second kappa shape index (κ2) is 4.69. The molecule has 0 saturated carbocycles. The van der Waals surface area contributed by atoms with Crippen molar-refractivity contribution in [3.63, 3.8) is 0 Å². The van der Waals surface area contributed by atoms with E-state index in [2.05, 4.69) is 14.8 Å². The summed E-state index contributed by atoms with van der Waals surface area (Å²) >= 11 is 1.03. The van der Waals surface area contributed by atoms with Crippen LogP contribution in [0.25, 0.3) is 15.3 Å². The smallest absolute Gasteiger partial charge is 0.426 e. The lowest BCUT2D eigenvalue weighted by molar-refractivity contribution is -0.141. The van der Waals surface area contributed by atoms with E-state index < -0.39 is 23.6 Å². The SMILES string of the molecule is COc1nn(-c2nc3ccccc3s2)c(F)c1C(F)(F)F. The number of fused-ring (bicyclic) bond motifs is 1. The Morgan fingerprint density at radius 3 is 2.52 bits per heavy atom. The van der Waals surface area contributed by atoms with Crippen LogP contribution in [0.5, 0.6) is 5.88 Å². The van der Waals surface area contributed by atoms with Crippen LogP contribution < -0.4 is 4.74 Å². The highest BCUT2D eigenvalue weighted by molar-refractivity contribution is 7.20. The van der Waals surface area contributed by atoms with E-state index in [1.807, 2.05) is 0 Å². The average molecular weight is 317 g/mol. The van der Waals surface area contributed by atoms with Gasteiger partial charge in [0.15, 0.2) is 5.56 Å². The van der Waals surface area contributed by atoms with Gasteiger partial charge in [-0.1, -0.05) is 23.5 Å².